The summed E-state index contributed by atoms with van der Waals surface area (Å²) in [6.07, 6.45) is 0.757. The van der Waals surface area contributed by atoms with Gasteiger partial charge in [-0.05, 0) is 49.5 Å². The predicted molar refractivity (Wildman–Crippen MR) is 125 cm³/mol. The quantitative estimate of drug-likeness (QED) is 0.428. The number of amides is 1. The first-order valence-electron chi connectivity index (χ1n) is 9.74. The molecule has 10 heteroatoms. The Hall–Kier alpha value is -3.37. The first-order chi connectivity index (χ1) is 15.1. The SMILES string of the molecule is CCOc1cccc(C(=O)NC(=S)Nc2cccc(-c3nn4c(CC)nnc4s3)c2)c1. The highest BCUT2D eigenvalue weighted by Gasteiger charge is 2.13. The van der Waals surface area contributed by atoms with Gasteiger partial charge in [0.05, 0.1) is 6.61 Å². The highest BCUT2D eigenvalue weighted by atomic mass is 32.1. The van der Waals surface area contributed by atoms with Crippen molar-refractivity contribution in [3.63, 3.8) is 0 Å². The summed E-state index contributed by atoms with van der Waals surface area (Å²) in [6, 6.07) is 14.6. The van der Waals surface area contributed by atoms with E-state index < -0.39 is 0 Å². The normalized spacial score (nSPS) is 10.8. The minimum absolute atomic E-state index is 0.204. The lowest BCUT2D eigenvalue weighted by molar-refractivity contribution is 0.0977. The molecule has 0 unspecified atom stereocenters. The van der Waals surface area contributed by atoms with E-state index in [9.17, 15) is 4.79 Å². The molecule has 0 bridgehead atoms. The lowest BCUT2D eigenvalue weighted by Crippen LogP contribution is -2.34. The number of aryl methyl sites for hydroxylation is 1. The van der Waals surface area contributed by atoms with E-state index in [0.29, 0.717) is 17.9 Å². The van der Waals surface area contributed by atoms with Gasteiger partial charge in [-0.2, -0.15) is 9.61 Å². The molecule has 0 fully saturated rings. The number of ether oxygens (including phenoxy) is 1. The Balaban J connectivity index is 1.45. The minimum Gasteiger partial charge on any atom is -0.494 e. The number of carbonyl (C=O) groups excluding carboxylic acids is 1. The molecule has 0 aliphatic heterocycles. The largest absolute Gasteiger partial charge is 0.494 e. The minimum atomic E-state index is -0.309. The number of thiocarbonyl (C=S) groups is 1. The summed E-state index contributed by atoms with van der Waals surface area (Å²) in [7, 11) is 0. The molecule has 0 aliphatic carbocycles. The predicted octanol–water partition coefficient (Wildman–Crippen LogP) is 3.94. The van der Waals surface area contributed by atoms with Gasteiger partial charge in [0, 0.05) is 23.2 Å². The van der Waals surface area contributed by atoms with Crippen LogP contribution >= 0.6 is 23.6 Å². The fraction of sp³-hybridized carbons (Fsp3) is 0.190. The Bertz CT molecular complexity index is 1250. The Morgan fingerprint density at radius 3 is 2.81 bits per heavy atom. The maximum Gasteiger partial charge on any atom is 0.257 e. The topological polar surface area (TPSA) is 93.4 Å². The van der Waals surface area contributed by atoms with Gasteiger partial charge in [-0.15, -0.1) is 10.2 Å². The molecule has 158 valence electrons. The summed E-state index contributed by atoms with van der Waals surface area (Å²) < 4.78 is 7.20. The van der Waals surface area contributed by atoms with Gasteiger partial charge in [-0.3, -0.25) is 10.1 Å². The van der Waals surface area contributed by atoms with Crippen molar-refractivity contribution < 1.29 is 9.53 Å². The van der Waals surface area contributed by atoms with Gasteiger partial charge in [0.1, 0.15) is 10.8 Å². The van der Waals surface area contributed by atoms with Crippen molar-refractivity contribution >= 4 is 45.2 Å². The molecule has 2 aromatic heterocycles. The monoisotopic (exact) mass is 452 g/mol. The van der Waals surface area contributed by atoms with Gasteiger partial charge in [0.25, 0.3) is 5.91 Å². The first kappa shape index (κ1) is 20.9. The Kier molecular flexibility index (Phi) is 6.19. The van der Waals surface area contributed by atoms with Crippen LogP contribution in [0.4, 0.5) is 5.69 Å². The van der Waals surface area contributed by atoms with Gasteiger partial charge in [0.15, 0.2) is 10.9 Å². The van der Waals surface area contributed by atoms with E-state index in [1.165, 1.54) is 11.3 Å². The highest BCUT2D eigenvalue weighted by molar-refractivity contribution is 7.80. The number of carbonyl (C=O) groups is 1. The van der Waals surface area contributed by atoms with Crippen LogP contribution in [-0.2, 0) is 6.42 Å². The average molecular weight is 453 g/mol. The molecule has 31 heavy (non-hydrogen) atoms. The summed E-state index contributed by atoms with van der Waals surface area (Å²) in [4.78, 5) is 13.3. The average Bonchev–Trinajstić information content (AvgIpc) is 3.35. The van der Waals surface area contributed by atoms with Crippen molar-refractivity contribution in [3.8, 4) is 16.3 Å². The molecule has 0 spiro atoms. The van der Waals surface area contributed by atoms with Crippen LogP contribution in [0.3, 0.4) is 0 Å². The van der Waals surface area contributed by atoms with Crippen molar-refractivity contribution in [1.29, 1.82) is 0 Å². The fourth-order valence-electron chi connectivity index (χ4n) is 2.96. The molecular formula is C21H20N6O2S2. The van der Waals surface area contributed by atoms with Gasteiger partial charge in [-0.1, -0.05) is 36.5 Å². The van der Waals surface area contributed by atoms with Crippen molar-refractivity contribution in [2.45, 2.75) is 20.3 Å². The number of aromatic nitrogens is 4. The van der Waals surface area contributed by atoms with Gasteiger partial charge >= 0.3 is 0 Å². The molecule has 4 aromatic rings. The third kappa shape index (κ3) is 4.70. The van der Waals surface area contributed by atoms with Crippen LogP contribution in [0.25, 0.3) is 15.5 Å². The van der Waals surface area contributed by atoms with E-state index in [1.807, 2.05) is 38.1 Å². The molecule has 0 atom stereocenters. The van der Waals surface area contributed by atoms with Gasteiger partial charge in [-0.25, -0.2) is 0 Å². The maximum absolute atomic E-state index is 12.5. The molecule has 2 aromatic carbocycles. The lowest BCUT2D eigenvalue weighted by atomic mass is 10.2. The maximum atomic E-state index is 12.5. The molecule has 1 amide bonds. The molecule has 2 heterocycles. The third-order valence-corrected chi connectivity index (χ3v) is 5.53. The Morgan fingerprint density at radius 1 is 1.16 bits per heavy atom. The second-order valence-electron chi connectivity index (χ2n) is 6.52. The van der Waals surface area contributed by atoms with Crippen LogP contribution in [-0.4, -0.2) is 37.4 Å². The number of benzene rings is 2. The summed E-state index contributed by atoms with van der Waals surface area (Å²) in [6.45, 7) is 4.44. The molecule has 0 saturated carbocycles. The standard InChI is InChI=1S/C21H20N6O2S2/c1-3-17-24-25-21-27(17)26-19(31-21)14-8-5-9-15(11-14)22-20(30)23-18(28)13-7-6-10-16(12-13)29-4-2/h5-12H,3-4H2,1-2H3,(H2,22,23,28,30). The molecular weight excluding hydrogens is 432 g/mol. The number of rotatable bonds is 6. The number of nitrogens with zero attached hydrogens (tertiary/aromatic N) is 4. The van der Waals surface area contributed by atoms with E-state index in [2.05, 4.69) is 25.9 Å². The molecule has 0 radical (unpaired) electrons. The number of hydrogen-bond acceptors (Lipinski definition) is 7. The molecule has 8 nitrogen and oxygen atoms in total. The third-order valence-electron chi connectivity index (χ3n) is 4.37. The van der Waals surface area contributed by atoms with E-state index >= 15 is 0 Å². The van der Waals surface area contributed by atoms with Crippen molar-refractivity contribution in [3.05, 3.63) is 59.9 Å². The second kappa shape index (κ2) is 9.19. The number of fused-ring (bicyclic) bond motifs is 1. The van der Waals surface area contributed by atoms with Crippen LogP contribution in [0, 0.1) is 0 Å². The summed E-state index contributed by atoms with van der Waals surface area (Å²) >= 11 is 6.78. The highest BCUT2D eigenvalue weighted by Crippen LogP contribution is 2.27. The summed E-state index contributed by atoms with van der Waals surface area (Å²) in [5.74, 6) is 1.15. The van der Waals surface area contributed by atoms with Crippen molar-refractivity contribution in [2.24, 2.45) is 0 Å². The smallest absolute Gasteiger partial charge is 0.257 e. The Morgan fingerprint density at radius 2 is 2.00 bits per heavy atom. The Labute approximate surface area is 188 Å². The van der Waals surface area contributed by atoms with E-state index in [1.54, 1.807) is 28.8 Å². The summed E-state index contributed by atoms with van der Waals surface area (Å²) in [5, 5.41) is 19.7. The molecule has 0 saturated heterocycles. The number of hydrogen-bond donors (Lipinski definition) is 2. The van der Waals surface area contributed by atoms with Crippen LogP contribution in [0.15, 0.2) is 48.5 Å². The van der Waals surface area contributed by atoms with E-state index in [-0.39, 0.29) is 11.0 Å². The fourth-order valence-corrected chi connectivity index (χ4v) is 4.02. The van der Waals surface area contributed by atoms with Crippen LogP contribution in [0.1, 0.15) is 30.0 Å². The number of nitrogens with one attached hydrogen (secondary N) is 2. The van der Waals surface area contributed by atoms with Crippen LogP contribution in [0.2, 0.25) is 0 Å². The molecule has 0 aliphatic rings. The molecule has 4 rings (SSSR count). The van der Waals surface area contributed by atoms with Crippen molar-refractivity contribution in [1.82, 2.24) is 25.1 Å². The zero-order chi connectivity index (χ0) is 21.8. The number of anilines is 1. The van der Waals surface area contributed by atoms with Gasteiger partial charge in [0.2, 0.25) is 4.96 Å². The van der Waals surface area contributed by atoms with Crippen LogP contribution in [0.5, 0.6) is 5.75 Å². The zero-order valence-corrected chi connectivity index (χ0v) is 18.6. The lowest BCUT2D eigenvalue weighted by Gasteiger charge is -2.11. The van der Waals surface area contributed by atoms with E-state index in [4.69, 9.17) is 17.0 Å². The summed E-state index contributed by atoms with van der Waals surface area (Å²) in [5.41, 5.74) is 2.13. The zero-order valence-electron chi connectivity index (χ0n) is 17.0. The van der Waals surface area contributed by atoms with Crippen molar-refractivity contribution in [2.75, 3.05) is 11.9 Å². The molecule has 2 N–H and O–H groups in total. The van der Waals surface area contributed by atoms with E-state index in [0.717, 1.165) is 33.5 Å². The van der Waals surface area contributed by atoms with Crippen LogP contribution < -0.4 is 15.4 Å². The first-order valence-corrected chi connectivity index (χ1v) is 11.0. The second-order valence-corrected chi connectivity index (χ2v) is 7.89. The van der Waals surface area contributed by atoms with Gasteiger partial charge < -0.3 is 10.1 Å².